The fraction of sp³-hybridized carbons (Fsp3) is 0.781. The number of sulfonamides is 1. The van der Waals surface area contributed by atoms with Gasteiger partial charge < -0.3 is 14.7 Å². The van der Waals surface area contributed by atoms with E-state index in [1.165, 1.54) is 17.8 Å². The Kier molecular flexibility index (Phi) is 9.27. The average Bonchev–Trinajstić information content (AvgIpc) is 3.36. The van der Waals surface area contributed by atoms with Crippen LogP contribution < -0.4 is 4.72 Å². The summed E-state index contributed by atoms with van der Waals surface area (Å²) < 4.78 is 25.7. The maximum Gasteiger partial charge on any atom is 0.265 e. The van der Waals surface area contributed by atoms with Crippen LogP contribution in [0.1, 0.15) is 74.9 Å². The highest BCUT2D eigenvalue weighted by Gasteiger charge is 2.62. The van der Waals surface area contributed by atoms with Crippen molar-refractivity contribution in [3.8, 4) is 0 Å². The summed E-state index contributed by atoms with van der Waals surface area (Å²) in [5.41, 5.74) is 1.16. The van der Waals surface area contributed by atoms with Gasteiger partial charge in [0.25, 0.3) is 5.91 Å². The van der Waals surface area contributed by atoms with Gasteiger partial charge in [0.2, 0.25) is 27.7 Å². The van der Waals surface area contributed by atoms with Gasteiger partial charge in [-0.15, -0.1) is 11.3 Å². The molecule has 1 aromatic rings. The fourth-order valence-electron chi connectivity index (χ4n) is 8.38. The lowest BCUT2D eigenvalue weighted by Gasteiger charge is -2.51. The Morgan fingerprint density at radius 3 is 2.26 bits per heavy atom. The second-order valence-electron chi connectivity index (χ2n) is 15.2. The van der Waals surface area contributed by atoms with Crippen LogP contribution in [0.2, 0.25) is 0 Å². The molecule has 3 aliphatic heterocycles. The van der Waals surface area contributed by atoms with E-state index in [1.54, 1.807) is 16.6 Å². The van der Waals surface area contributed by atoms with Gasteiger partial charge in [-0.25, -0.2) is 8.42 Å². The number of thiazole rings is 1. The van der Waals surface area contributed by atoms with Crippen LogP contribution in [0.25, 0.3) is 0 Å². The number of carbonyl (C=O) groups is 4. The van der Waals surface area contributed by atoms with Crippen LogP contribution >= 0.6 is 11.3 Å². The summed E-state index contributed by atoms with van der Waals surface area (Å²) in [5.74, 6) is -0.499. The van der Waals surface area contributed by atoms with Gasteiger partial charge in [-0.05, 0) is 43.4 Å². The predicted octanol–water partition coefficient (Wildman–Crippen LogP) is 2.04. The fourth-order valence-corrected chi connectivity index (χ4v) is 9.45. The van der Waals surface area contributed by atoms with E-state index in [2.05, 4.69) is 28.5 Å². The van der Waals surface area contributed by atoms with E-state index >= 15 is 0 Å². The minimum absolute atomic E-state index is 0.00126. The lowest BCUT2D eigenvalue weighted by molar-refractivity contribution is -0.156. The molecule has 254 valence electrons. The van der Waals surface area contributed by atoms with E-state index in [0.29, 0.717) is 56.6 Å². The number of hydrogen-bond acceptors (Lipinski definition) is 9. The van der Waals surface area contributed by atoms with Gasteiger partial charge in [0.1, 0.15) is 4.88 Å². The highest BCUT2D eigenvalue weighted by Crippen LogP contribution is 2.55. The summed E-state index contributed by atoms with van der Waals surface area (Å²) in [7, 11) is -3.68. The van der Waals surface area contributed by atoms with Gasteiger partial charge in [-0.3, -0.25) is 33.8 Å². The summed E-state index contributed by atoms with van der Waals surface area (Å²) in [6.07, 6.45) is 10.7. The SMILES string of the molecule is CC1(C)C[C@@H]1C(=O)N1CC2(CN(C(=O)c3cncs3)C[C@H]2C(=O)N2CCC[C@H](N(CC(=O)NS(C)(=O)=O)CC3CCCCC3)C2)C1. The molecule has 3 saturated heterocycles. The molecule has 14 heteroatoms. The first-order valence-corrected chi connectivity index (χ1v) is 19.5. The third-order valence-electron chi connectivity index (χ3n) is 11.1. The van der Waals surface area contributed by atoms with Gasteiger partial charge in [-0.2, -0.15) is 0 Å². The summed E-state index contributed by atoms with van der Waals surface area (Å²) in [6.45, 7) is 7.59. The van der Waals surface area contributed by atoms with Gasteiger partial charge in [0.15, 0.2) is 0 Å². The second-order valence-corrected chi connectivity index (χ2v) is 17.9. The van der Waals surface area contributed by atoms with Crippen LogP contribution in [0.15, 0.2) is 11.7 Å². The minimum atomic E-state index is -3.68. The van der Waals surface area contributed by atoms with E-state index in [0.717, 1.165) is 51.2 Å². The lowest BCUT2D eigenvalue weighted by atomic mass is 9.70. The van der Waals surface area contributed by atoms with Crippen molar-refractivity contribution in [3.05, 3.63) is 16.6 Å². The predicted molar refractivity (Wildman–Crippen MR) is 173 cm³/mol. The number of carbonyl (C=O) groups excluding carboxylic acids is 4. The molecule has 2 aliphatic carbocycles. The first kappa shape index (κ1) is 33.3. The van der Waals surface area contributed by atoms with Crippen molar-refractivity contribution >= 4 is 45.0 Å². The van der Waals surface area contributed by atoms with E-state index in [4.69, 9.17) is 0 Å². The first-order chi connectivity index (χ1) is 21.7. The topological polar surface area (TPSA) is 140 Å². The van der Waals surface area contributed by atoms with Crippen molar-refractivity contribution in [1.82, 2.24) is 29.3 Å². The molecule has 46 heavy (non-hydrogen) atoms. The van der Waals surface area contributed by atoms with Gasteiger partial charge >= 0.3 is 0 Å². The number of hydrogen-bond donors (Lipinski definition) is 1. The molecule has 4 heterocycles. The average molecular weight is 677 g/mol. The summed E-state index contributed by atoms with van der Waals surface area (Å²) in [5, 5.41) is 0. The largest absolute Gasteiger partial charge is 0.341 e. The molecule has 5 fully saturated rings. The highest BCUT2D eigenvalue weighted by molar-refractivity contribution is 7.89. The first-order valence-electron chi connectivity index (χ1n) is 16.7. The monoisotopic (exact) mass is 676 g/mol. The normalized spacial score (nSPS) is 27.5. The summed E-state index contributed by atoms with van der Waals surface area (Å²) in [6, 6.07) is -0.0752. The number of amides is 4. The molecule has 6 rings (SSSR count). The Labute approximate surface area is 276 Å². The van der Waals surface area contributed by atoms with Crippen molar-refractivity contribution in [2.45, 2.75) is 71.3 Å². The Hall–Kier alpha value is -2.58. The number of nitrogens with zero attached hydrogens (tertiary/aromatic N) is 5. The number of nitrogens with one attached hydrogen (secondary N) is 1. The molecule has 1 aromatic heterocycles. The molecular weight excluding hydrogens is 629 g/mol. The number of piperidine rings is 1. The summed E-state index contributed by atoms with van der Waals surface area (Å²) in [4.78, 5) is 66.2. The molecule has 5 aliphatic rings. The van der Waals surface area contributed by atoms with Crippen LogP contribution in [0, 0.1) is 28.6 Å². The van der Waals surface area contributed by atoms with Crippen molar-refractivity contribution in [1.29, 1.82) is 0 Å². The molecule has 1 spiro atoms. The maximum atomic E-state index is 14.5. The van der Waals surface area contributed by atoms with Gasteiger partial charge in [0.05, 0.1) is 30.4 Å². The Balaban J connectivity index is 1.18. The van der Waals surface area contributed by atoms with E-state index in [-0.39, 0.29) is 41.6 Å². The van der Waals surface area contributed by atoms with Crippen molar-refractivity contribution in [2.24, 2.45) is 28.6 Å². The molecule has 4 amide bonds. The highest BCUT2D eigenvalue weighted by atomic mass is 32.2. The van der Waals surface area contributed by atoms with E-state index < -0.39 is 27.3 Å². The van der Waals surface area contributed by atoms with Crippen molar-refractivity contribution in [2.75, 3.05) is 58.6 Å². The van der Waals surface area contributed by atoms with Gasteiger partial charge in [-0.1, -0.05) is 33.1 Å². The van der Waals surface area contributed by atoms with Crippen LogP contribution in [-0.2, 0) is 24.4 Å². The molecule has 0 radical (unpaired) electrons. The third-order valence-corrected chi connectivity index (χ3v) is 12.5. The smallest absolute Gasteiger partial charge is 0.265 e. The molecule has 0 unspecified atom stereocenters. The van der Waals surface area contributed by atoms with Crippen molar-refractivity contribution in [3.63, 3.8) is 0 Å². The van der Waals surface area contributed by atoms with E-state index in [9.17, 15) is 27.6 Å². The molecule has 1 N–H and O–H groups in total. The zero-order valence-electron chi connectivity index (χ0n) is 27.3. The maximum absolute atomic E-state index is 14.5. The van der Waals surface area contributed by atoms with Gasteiger partial charge in [0, 0.05) is 63.2 Å². The molecule has 12 nitrogen and oxygen atoms in total. The Morgan fingerprint density at radius 1 is 0.957 bits per heavy atom. The Bertz CT molecular complexity index is 1440. The quantitative estimate of drug-likeness (QED) is 0.419. The zero-order chi connectivity index (χ0) is 32.9. The van der Waals surface area contributed by atoms with Crippen LogP contribution in [0.5, 0.6) is 0 Å². The number of likely N-dealkylation sites (tertiary alicyclic amines) is 3. The minimum Gasteiger partial charge on any atom is -0.341 e. The molecule has 0 bridgehead atoms. The standard InChI is InChI=1S/C32H48N6O6S2/c1-31(2)12-24(31)28(40)38-19-32(20-38)18-37(30(42)26-13-33-21-45-26)16-25(32)29(41)35-11-7-10-23(15-35)36(14-22-8-5-4-6-9-22)17-27(39)34-46(3,43)44/h13,21-25H,4-12,14-20H2,1-3H3,(H,34,39)/t23-,24+,25-/m0/s1. The molecular formula is C32H48N6O6S2. The van der Waals surface area contributed by atoms with Crippen LogP contribution in [-0.4, -0.2) is 121 Å². The molecule has 0 aromatic carbocycles. The second kappa shape index (κ2) is 12.8. The summed E-state index contributed by atoms with van der Waals surface area (Å²) >= 11 is 1.29. The van der Waals surface area contributed by atoms with Crippen molar-refractivity contribution < 1.29 is 27.6 Å². The number of rotatable bonds is 9. The number of aromatic nitrogens is 1. The van der Waals surface area contributed by atoms with E-state index in [1.807, 2.05) is 9.80 Å². The molecule has 2 saturated carbocycles. The lowest BCUT2D eigenvalue weighted by Crippen LogP contribution is -2.65. The van der Waals surface area contributed by atoms with Crippen LogP contribution in [0.4, 0.5) is 0 Å². The molecule has 3 atom stereocenters. The van der Waals surface area contributed by atoms with Crippen LogP contribution in [0.3, 0.4) is 0 Å². The zero-order valence-corrected chi connectivity index (χ0v) is 28.9. The third kappa shape index (κ3) is 7.13. The Morgan fingerprint density at radius 2 is 1.63 bits per heavy atom.